The number of carbonyl (C=O) groups excluding carboxylic acids is 1. The molecule has 1 amide bonds. The number of piperidine rings is 1. The van der Waals surface area contributed by atoms with E-state index in [0.717, 1.165) is 19.4 Å². The second-order valence-corrected chi connectivity index (χ2v) is 4.79. The molecule has 0 bridgehead atoms. The number of hydrogen-bond acceptors (Lipinski definition) is 1. The zero-order valence-corrected chi connectivity index (χ0v) is 10.2. The summed E-state index contributed by atoms with van der Waals surface area (Å²) in [5, 5.41) is 0.621. The number of benzene rings is 1. The molecule has 1 aliphatic heterocycles. The van der Waals surface area contributed by atoms with Crippen molar-refractivity contribution in [1.29, 1.82) is 0 Å². The van der Waals surface area contributed by atoms with Crippen LogP contribution < -0.4 is 0 Å². The normalized spacial score (nSPS) is 20.9. The highest BCUT2D eigenvalue weighted by atomic mass is 35.5. The third-order valence-corrected chi connectivity index (χ3v) is 3.37. The molecule has 0 saturated carbocycles. The van der Waals surface area contributed by atoms with Crippen molar-refractivity contribution < 1.29 is 4.79 Å². The molecular weight excluding hydrogens is 222 g/mol. The first-order valence-corrected chi connectivity index (χ1v) is 6.13. The van der Waals surface area contributed by atoms with Crippen LogP contribution >= 0.6 is 11.6 Å². The summed E-state index contributed by atoms with van der Waals surface area (Å²) < 4.78 is 0. The summed E-state index contributed by atoms with van der Waals surface area (Å²) in [6.45, 7) is 2.98. The van der Waals surface area contributed by atoms with Gasteiger partial charge in [0.05, 0.1) is 0 Å². The molecular formula is C13H16ClNO. The second kappa shape index (κ2) is 4.88. The number of amides is 1. The fourth-order valence-electron chi connectivity index (χ4n) is 2.19. The molecule has 0 N–H and O–H groups in total. The average molecular weight is 238 g/mol. The molecule has 1 atom stereocenters. The van der Waals surface area contributed by atoms with E-state index in [1.54, 1.807) is 12.1 Å². The van der Waals surface area contributed by atoms with Crippen LogP contribution in [0.4, 0.5) is 0 Å². The third kappa shape index (κ3) is 2.38. The first kappa shape index (κ1) is 11.5. The number of hydrogen-bond donors (Lipinski definition) is 0. The topological polar surface area (TPSA) is 20.3 Å². The van der Waals surface area contributed by atoms with E-state index in [-0.39, 0.29) is 5.91 Å². The van der Waals surface area contributed by atoms with Gasteiger partial charge in [-0.3, -0.25) is 4.79 Å². The number of nitrogens with zero attached hydrogens (tertiary/aromatic N) is 1. The number of rotatable bonds is 1. The van der Waals surface area contributed by atoms with E-state index in [0.29, 0.717) is 16.6 Å². The van der Waals surface area contributed by atoms with Crippen molar-refractivity contribution in [2.24, 2.45) is 0 Å². The van der Waals surface area contributed by atoms with Crippen molar-refractivity contribution in [1.82, 2.24) is 4.90 Å². The van der Waals surface area contributed by atoms with Gasteiger partial charge in [-0.15, -0.1) is 0 Å². The standard InChI is InChI=1S/C13H16ClNO/c1-10-5-2-3-8-15(10)13(16)11-6-4-7-12(14)9-11/h4,6-7,9-10H,2-3,5,8H2,1H3/t10-/m0/s1. The van der Waals surface area contributed by atoms with Gasteiger partial charge in [-0.05, 0) is 44.4 Å². The molecule has 0 radical (unpaired) electrons. The lowest BCUT2D eigenvalue weighted by molar-refractivity contribution is 0.0635. The van der Waals surface area contributed by atoms with Gasteiger partial charge in [0.2, 0.25) is 0 Å². The van der Waals surface area contributed by atoms with Crippen LogP contribution in [-0.4, -0.2) is 23.4 Å². The molecule has 0 unspecified atom stereocenters. The highest BCUT2D eigenvalue weighted by Gasteiger charge is 2.23. The minimum atomic E-state index is 0.106. The molecule has 16 heavy (non-hydrogen) atoms. The summed E-state index contributed by atoms with van der Waals surface area (Å²) in [7, 11) is 0. The maximum Gasteiger partial charge on any atom is 0.254 e. The monoisotopic (exact) mass is 237 g/mol. The predicted octanol–water partition coefficient (Wildman–Crippen LogP) is 3.35. The van der Waals surface area contributed by atoms with E-state index >= 15 is 0 Å². The molecule has 1 aromatic rings. The summed E-state index contributed by atoms with van der Waals surface area (Å²) in [6.07, 6.45) is 3.43. The van der Waals surface area contributed by atoms with E-state index in [2.05, 4.69) is 6.92 Å². The Morgan fingerprint density at radius 2 is 2.25 bits per heavy atom. The lowest BCUT2D eigenvalue weighted by atomic mass is 10.0. The maximum atomic E-state index is 12.2. The molecule has 86 valence electrons. The van der Waals surface area contributed by atoms with Crippen LogP contribution in [0.1, 0.15) is 36.5 Å². The fraction of sp³-hybridized carbons (Fsp3) is 0.462. The fourth-order valence-corrected chi connectivity index (χ4v) is 2.38. The summed E-state index contributed by atoms with van der Waals surface area (Å²) >= 11 is 5.89. The molecule has 3 heteroatoms. The van der Waals surface area contributed by atoms with Crippen molar-refractivity contribution in [2.75, 3.05) is 6.54 Å². The Labute approximate surface area is 101 Å². The van der Waals surface area contributed by atoms with Crippen LogP contribution in [0.2, 0.25) is 5.02 Å². The minimum Gasteiger partial charge on any atom is -0.336 e. The van der Waals surface area contributed by atoms with Crippen LogP contribution in [0.3, 0.4) is 0 Å². The smallest absolute Gasteiger partial charge is 0.254 e. The van der Waals surface area contributed by atoms with E-state index in [1.165, 1.54) is 6.42 Å². The molecule has 0 aromatic heterocycles. The summed E-state index contributed by atoms with van der Waals surface area (Å²) in [6, 6.07) is 7.53. The number of carbonyl (C=O) groups is 1. The number of halogens is 1. The first-order chi connectivity index (χ1) is 7.68. The van der Waals surface area contributed by atoms with E-state index in [1.807, 2.05) is 17.0 Å². The van der Waals surface area contributed by atoms with Crippen molar-refractivity contribution in [3.8, 4) is 0 Å². The summed E-state index contributed by atoms with van der Waals surface area (Å²) in [5.41, 5.74) is 0.696. The molecule has 1 fully saturated rings. The lowest BCUT2D eigenvalue weighted by Crippen LogP contribution is -2.42. The maximum absolute atomic E-state index is 12.2. The SMILES string of the molecule is C[C@H]1CCCCN1C(=O)c1cccc(Cl)c1. The Bertz CT molecular complexity index is 391. The zero-order chi connectivity index (χ0) is 11.5. The molecule has 1 heterocycles. The van der Waals surface area contributed by atoms with E-state index < -0.39 is 0 Å². The Hall–Kier alpha value is -1.02. The molecule has 0 spiro atoms. The molecule has 2 rings (SSSR count). The van der Waals surface area contributed by atoms with E-state index in [4.69, 9.17) is 11.6 Å². The molecule has 1 saturated heterocycles. The molecule has 2 nitrogen and oxygen atoms in total. The van der Waals surface area contributed by atoms with Gasteiger partial charge in [0, 0.05) is 23.2 Å². The quantitative estimate of drug-likeness (QED) is 0.734. The minimum absolute atomic E-state index is 0.106. The zero-order valence-electron chi connectivity index (χ0n) is 9.45. The van der Waals surface area contributed by atoms with Crippen LogP contribution in [0.15, 0.2) is 24.3 Å². The van der Waals surface area contributed by atoms with Gasteiger partial charge in [-0.2, -0.15) is 0 Å². The predicted molar refractivity (Wildman–Crippen MR) is 65.8 cm³/mol. The first-order valence-electron chi connectivity index (χ1n) is 5.75. The highest BCUT2D eigenvalue weighted by Crippen LogP contribution is 2.20. The van der Waals surface area contributed by atoms with Gasteiger partial charge in [0.1, 0.15) is 0 Å². The summed E-state index contributed by atoms with van der Waals surface area (Å²) in [4.78, 5) is 14.2. The Kier molecular flexibility index (Phi) is 3.49. The van der Waals surface area contributed by atoms with Gasteiger partial charge in [0.15, 0.2) is 0 Å². The van der Waals surface area contributed by atoms with Gasteiger partial charge >= 0.3 is 0 Å². The van der Waals surface area contributed by atoms with Crippen molar-refractivity contribution in [2.45, 2.75) is 32.2 Å². The second-order valence-electron chi connectivity index (χ2n) is 4.35. The van der Waals surface area contributed by atoms with Gasteiger partial charge in [-0.25, -0.2) is 0 Å². The third-order valence-electron chi connectivity index (χ3n) is 3.14. The van der Waals surface area contributed by atoms with Crippen molar-refractivity contribution in [3.05, 3.63) is 34.9 Å². The van der Waals surface area contributed by atoms with Gasteiger partial charge in [-0.1, -0.05) is 17.7 Å². The Morgan fingerprint density at radius 1 is 1.44 bits per heavy atom. The van der Waals surface area contributed by atoms with Gasteiger partial charge < -0.3 is 4.90 Å². The molecule has 1 aromatic carbocycles. The number of likely N-dealkylation sites (tertiary alicyclic amines) is 1. The Balaban J connectivity index is 2.17. The van der Waals surface area contributed by atoms with Crippen molar-refractivity contribution in [3.63, 3.8) is 0 Å². The van der Waals surface area contributed by atoms with Crippen molar-refractivity contribution >= 4 is 17.5 Å². The van der Waals surface area contributed by atoms with Crippen LogP contribution in [0.5, 0.6) is 0 Å². The van der Waals surface area contributed by atoms with Gasteiger partial charge in [0.25, 0.3) is 5.91 Å². The largest absolute Gasteiger partial charge is 0.336 e. The molecule has 1 aliphatic rings. The van der Waals surface area contributed by atoms with Crippen LogP contribution in [-0.2, 0) is 0 Å². The average Bonchev–Trinajstić information content (AvgIpc) is 2.29. The summed E-state index contributed by atoms with van der Waals surface area (Å²) in [5.74, 6) is 0.106. The molecule has 0 aliphatic carbocycles. The van der Waals surface area contributed by atoms with Crippen LogP contribution in [0, 0.1) is 0 Å². The highest BCUT2D eigenvalue weighted by molar-refractivity contribution is 6.30. The van der Waals surface area contributed by atoms with Crippen LogP contribution in [0.25, 0.3) is 0 Å². The lowest BCUT2D eigenvalue weighted by Gasteiger charge is -2.33. The Morgan fingerprint density at radius 3 is 2.94 bits per heavy atom. The van der Waals surface area contributed by atoms with E-state index in [9.17, 15) is 4.79 Å².